The predicted molar refractivity (Wildman–Crippen MR) is 57.4 cm³/mol. The zero-order valence-corrected chi connectivity index (χ0v) is 9.89. The Kier molecular flexibility index (Phi) is 3.14. The van der Waals surface area contributed by atoms with Crippen molar-refractivity contribution in [3.05, 3.63) is 34.3 Å². The summed E-state index contributed by atoms with van der Waals surface area (Å²) >= 11 is 3.30. The van der Waals surface area contributed by atoms with E-state index >= 15 is 0 Å². The molecular formula is C9H11BrO2S. The summed E-state index contributed by atoms with van der Waals surface area (Å²) in [5.41, 5.74) is 0.825. The van der Waals surface area contributed by atoms with Gasteiger partial charge in [-0.1, -0.05) is 28.1 Å². The average Bonchev–Trinajstić information content (AvgIpc) is 2.03. The van der Waals surface area contributed by atoms with Crippen LogP contribution in [0.15, 0.2) is 28.7 Å². The van der Waals surface area contributed by atoms with E-state index in [1.807, 2.05) is 24.3 Å². The molecule has 13 heavy (non-hydrogen) atoms. The van der Waals surface area contributed by atoms with Crippen LogP contribution in [0.25, 0.3) is 0 Å². The van der Waals surface area contributed by atoms with Crippen LogP contribution in [-0.4, -0.2) is 14.7 Å². The van der Waals surface area contributed by atoms with Crippen LogP contribution in [0.2, 0.25) is 0 Å². The molecule has 0 amide bonds. The molecule has 1 rings (SSSR count). The molecule has 4 heteroatoms. The molecule has 0 aromatic heterocycles. The normalized spacial score (nSPS) is 14.1. The summed E-state index contributed by atoms with van der Waals surface area (Å²) in [6.07, 6.45) is 1.25. The van der Waals surface area contributed by atoms with Gasteiger partial charge in [-0.2, -0.15) is 0 Å². The fourth-order valence-corrected chi connectivity index (χ4v) is 1.90. The van der Waals surface area contributed by atoms with Crippen LogP contribution in [0.3, 0.4) is 0 Å². The van der Waals surface area contributed by atoms with Gasteiger partial charge in [0.15, 0.2) is 9.84 Å². The van der Waals surface area contributed by atoms with E-state index in [1.165, 1.54) is 6.26 Å². The largest absolute Gasteiger partial charge is 0.229 e. The smallest absolute Gasteiger partial charge is 0.154 e. The van der Waals surface area contributed by atoms with Crippen molar-refractivity contribution in [3.63, 3.8) is 0 Å². The van der Waals surface area contributed by atoms with Gasteiger partial charge >= 0.3 is 0 Å². The number of rotatable bonds is 2. The highest BCUT2D eigenvalue weighted by Gasteiger charge is 2.16. The number of hydrogen-bond acceptors (Lipinski definition) is 2. The van der Waals surface area contributed by atoms with Gasteiger partial charge in [0.1, 0.15) is 0 Å². The summed E-state index contributed by atoms with van der Waals surface area (Å²) in [6, 6.07) is 7.32. The lowest BCUT2D eigenvalue weighted by Crippen LogP contribution is -2.07. The summed E-state index contributed by atoms with van der Waals surface area (Å²) < 4.78 is 23.4. The van der Waals surface area contributed by atoms with Crippen molar-refractivity contribution in [2.45, 2.75) is 12.2 Å². The predicted octanol–water partition coefficient (Wildman–Crippen LogP) is 2.55. The van der Waals surface area contributed by atoms with Gasteiger partial charge in [0, 0.05) is 10.7 Å². The van der Waals surface area contributed by atoms with Crippen molar-refractivity contribution in [2.24, 2.45) is 0 Å². The molecule has 0 N–H and O–H groups in total. The van der Waals surface area contributed by atoms with Gasteiger partial charge in [-0.05, 0) is 24.6 Å². The molecule has 0 heterocycles. The monoisotopic (exact) mass is 262 g/mol. The minimum absolute atomic E-state index is 0.430. The maximum atomic E-state index is 11.2. The summed E-state index contributed by atoms with van der Waals surface area (Å²) in [5.74, 6) is 0. The molecule has 1 aromatic rings. The Morgan fingerprint density at radius 2 is 1.69 bits per heavy atom. The van der Waals surface area contributed by atoms with Crippen LogP contribution in [0.1, 0.15) is 17.7 Å². The lowest BCUT2D eigenvalue weighted by molar-refractivity contribution is 0.592. The minimum Gasteiger partial charge on any atom is -0.229 e. The van der Waals surface area contributed by atoms with Crippen LogP contribution in [0.5, 0.6) is 0 Å². The molecule has 0 fully saturated rings. The van der Waals surface area contributed by atoms with Crippen LogP contribution in [0, 0.1) is 0 Å². The third kappa shape index (κ3) is 2.81. The molecule has 1 atom stereocenters. The van der Waals surface area contributed by atoms with E-state index in [-0.39, 0.29) is 0 Å². The second-order valence-corrected chi connectivity index (χ2v) is 6.31. The highest BCUT2D eigenvalue weighted by Crippen LogP contribution is 2.22. The molecule has 0 aliphatic heterocycles. The first kappa shape index (κ1) is 10.7. The second-order valence-electron chi connectivity index (χ2n) is 3.02. The van der Waals surface area contributed by atoms with Crippen molar-refractivity contribution in [1.82, 2.24) is 0 Å². The fraction of sp³-hybridized carbons (Fsp3) is 0.333. The Bertz CT molecular complexity index is 381. The average molecular weight is 263 g/mol. The van der Waals surface area contributed by atoms with Crippen LogP contribution in [-0.2, 0) is 9.84 Å². The number of benzene rings is 1. The molecule has 0 saturated carbocycles. The Morgan fingerprint density at radius 3 is 2.08 bits per heavy atom. The molecule has 0 aliphatic carbocycles. The van der Waals surface area contributed by atoms with Crippen molar-refractivity contribution < 1.29 is 8.42 Å². The quantitative estimate of drug-likeness (QED) is 0.821. The van der Waals surface area contributed by atoms with Crippen molar-refractivity contribution in [1.29, 1.82) is 0 Å². The van der Waals surface area contributed by atoms with Crippen molar-refractivity contribution >= 4 is 25.8 Å². The van der Waals surface area contributed by atoms with Gasteiger partial charge in [0.25, 0.3) is 0 Å². The number of hydrogen-bond donors (Lipinski definition) is 0. The second kappa shape index (κ2) is 3.80. The minimum atomic E-state index is -2.98. The van der Waals surface area contributed by atoms with Crippen LogP contribution < -0.4 is 0 Å². The zero-order chi connectivity index (χ0) is 10.1. The van der Waals surface area contributed by atoms with E-state index in [0.29, 0.717) is 0 Å². The molecule has 0 spiro atoms. The Labute approximate surface area is 87.0 Å². The maximum absolute atomic E-state index is 11.2. The van der Waals surface area contributed by atoms with Gasteiger partial charge in [0.2, 0.25) is 0 Å². The molecule has 0 saturated heterocycles. The first-order valence-corrected chi connectivity index (χ1v) is 6.60. The lowest BCUT2D eigenvalue weighted by atomic mass is 10.2. The van der Waals surface area contributed by atoms with Gasteiger partial charge in [0.05, 0.1) is 5.25 Å². The Balaban J connectivity index is 3.04. The maximum Gasteiger partial charge on any atom is 0.154 e. The highest BCUT2D eigenvalue weighted by molar-refractivity contribution is 9.10. The lowest BCUT2D eigenvalue weighted by Gasteiger charge is -2.08. The van der Waals surface area contributed by atoms with Crippen LogP contribution >= 0.6 is 15.9 Å². The standard InChI is InChI=1S/C9H11BrO2S/c1-7(13(2,11)12)8-3-5-9(10)6-4-8/h3-7H,1-2H3/t7-/m0/s1. The fourth-order valence-electron chi connectivity index (χ4n) is 0.981. The SMILES string of the molecule is C[C@@H](c1ccc(Br)cc1)S(C)(=O)=O. The molecular weight excluding hydrogens is 252 g/mol. The Hall–Kier alpha value is -0.350. The van der Waals surface area contributed by atoms with Gasteiger partial charge in [-0.3, -0.25) is 0 Å². The third-order valence-corrected chi connectivity index (χ3v) is 4.07. The van der Waals surface area contributed by atoms with E-state index < -0.39 is 15.1 Å². The van der Waals surface area contributed by atoms with Crippen LogP contribution in [0.4, 0.5) is 0 Å². The van der Waals surface area contributed by atoms with Gasteiger partial charge in [-0.25, -0.2) is 8.42 Å². The molecule has 0 aliphatic rings. The summed E-state index contributed by atoms with van der Waals surface area (Å²) in [6.45, 7) is 1.69. The molecule has 1 aromatic carbocycles. The van der Waals surface area contributed by atoms with E-state index in [2.05, 4.69) is 15.9 Å². The van der Waals surface area contributed by atoms with Crippen molar-refractivity contribution in [3.8, 4) is 0 Å². The summed E-state index contributed by atoms with van der Waals surface area (Å²) in [7, 11) is -2.98. The van der Waals surface area contributed by atoms with Crippen molar-refractivity contribution in [2.75, 3.05) is 6.26 Å². The molecule has 0 unspecified atom stereocenters. The molecule has 0 radical (unpaired) electrons. The van der Waals surface area contributed by atoms with E-state index in [9.17, 15) is 8.42 Å². The zero-order valence-electron chi connectivity index (χ0n) is 7.49. The summed E-state index contributed by atoms with van der Waals surface area (Å²) in [4.78, 5) is 0. The van der Waals surface area contributed by atoms with E-state index in [1.54, 1.807) is 6.92 Å². The first-order valence-electron chi connectivity index (χ1n) is 3.85. The topological polar surface area (TPSA) is 34.1 Å². The Morgan fingerprint density at radius 1 is 1.23 bits per heavy atom. The van der Waals surface area contributed by atoms with Gasteiger partial charge < -0.3 is 0 Å². The third-order valence-electron chi connectivity index (χ3n) is 1.98. The number of sulfone groups is 1. The number of halogens is 1. The summed E-state index contributed by atoms with van der Waals surface area (Å²) in [5, 5.41) is -0.430. The van der Waals surface area contributed by atoms with Gasteiger partial charge in [-0.15, -0.1) is 0 Å². The van der Waals surface area contributed by atoms with E-state index in [4.69, 9.17) is 0 Å². The molecule has 2 nitrogen and oxygen atoms in total. The highest BCUT2D eigenvalue weighted by atomic mass is 79.9. The first-order chi connectivity index (χ1) is 5.91. The molecule has 72 valence electrons. The molecule has 0 bridgehead atoms. The van der Waals surface area contributed by atoms with E-state index in [0.717, 1.165) is 10.0 Å².